The molecule has 88 valence electrons. The molecule has 1 rings (SSSR count). The Morgan fingerprint density at radius 2 is 2.06 bits per heavy atom. The molecule has 1 unspecified atom stereocenters. The normalized spacial score (nSPS) is 12.4. The summed E-state index contributed by atoms with van der Waals surface area (Å²) in [4.78, 5) is 10.6. The molecule has 0 bridgehead atoms. The van der Waals surface area contributed by atoms with Gasteiger partial charge in [0.15, 0.2) is 0 Å². The van der Waals surface area contributed by atoms with Gasteiger partial charge >= 0.3 is 5.97 Å². The number of aliphatic carboxylic acids is 1. The van der Waals surface area contributed by atoms with Crippen LogP contribution in [0.15, 0.2) is 24.3 Å². The molecule has 1 atom stereocenters. The van der Waals surface area contributed by atoms with E-state index in [1.807, 2.05) is 31.2 Å². The fourth-order valence-electron chi connectivity index (χ4n) is 1.44. The number of benzene rings is 1. The van der Waals surface area contributed by atoms with Crippen molar-refractivity contribution in [3.63, 3.8) is 0 Å². The highest BCUT2D eigenvalue weighted by Gasteiger charge is 2.09. The molecule has 2 N–H and O–H groups in total. The second kappa shape index (κ2) is 6.51. The number of carboxylic acids is 1. The molecule has 0 aliphatic carbocycles. The summed E-state index contributed by atoms with van der Waals surface area (Å²) in [5.41, 5.74) is 1.10. The molecule has 0 spiro atoms. The lowest BCUT2D eigenvalue weighted by atomic mass is 10.1. The Balaban J connectivity index is 2.43. The first-order chi connectivity index (χ1) is 7.61. The zero-order valence-electron chi connectivity index (χ0n) is 9.24. The summed E-state index contributed by atoms with van der Waals surface area (Å²) in [5, 5.41) is 12.6. The van der Waals surface area contributed by atoms with Gasteiger partial charge in [-0.1, -0.05) is 30.7 Å². The lowest BCUT2D eigenvalue weighted by Gasteiger charge is -2.14. The van der Waals surface area contributed by atoms with E-state index in [1.54, 1.807) is 0 Å². The van der Waals surface area contributed by atoms with E-state index in [1.165, 1.54) is 0 Å². The van der Waals surface area contributed by atoms with Crippen molar-refractivity contribution in [2.24, 2.45) is 0 Å². The van der Waals surface area contributed by atoms with Crippen LogP contribution in [0.2, 0.25) is 5.02 Å². The Hall–Kier alpha value is -1.06. The van der Waals surface area contributed by atoms with Gasteiger partial charge in [0.2, 0.25) is 0 Å². The van der Waals surface area contributed by atoms with E-state index in [9.17, 15) is 4.79 Å². The molecule has 0 saturated carbocycles. The third-order valence-electron chi connectivity index (χ3n) is 2.42. The molecule has 0 fully saturated rings. The van der Waals surface area contributed by atoms with E-state index >= 15 is 0 Å². The maximum Gasteiger partial charge on any atom is 0.304 e. The largest absolute Gasteiger partial charge is 0.481 e. The van der Waals surface area contributed by atoms with Crippen LogP contribution in [-0.4, -0.2) is 17.1 Å². The lowest BCUT2D eigenvalue weighted by molar-refractivity contribution is -0.137. The summed E-state index contributed by atoms with van der Waals surface area (Å²) in [6.45, 7) is 2.64. The SMILES string of the molecule is CCC(CC(=O)O)NCc1ccc(Cl)cc1. The van der Waals surface area contributed by atoms with Crippen molar-refractivity contribution in [1.29, 1.82) is 0 Å². The van der Waals surface area contributed by atoms with Gasteiger partial charge in [0.25, 0.3) is 0 Å². The van der Waals surface area contributed by atoms with E-state index in [2.05, 4.69) is 5.32 Å². The van der Waals surface area contributed by atoms with Gasteiger partial charge in [-0.25, -0.2) is 0 Å². The van der Waals surface area contributed by atoms with Crippen molar-refractivity contribution in [2.45, 2.75) is 32.4 Å². The van der Waals surface area contributed by atoms with Gasteiger partial charge in [-0.2, -0.15) is 0 Å². The third-order valence-corrected chi connectivity index (χ3v) is 2.67. The minimum absolute atomic E-state index is 0.0215. The van der Waals surface area contributed by atoms with Crippen LogP contribution in [0.4, 0.5) is 0 Å². The van der Waals surface area contributed by atoms with E-state index < -0.39 is 5.97 Å². The number of hydrogen-bond acceptors (Lipinski definition) is 2. The summed E-state index contributed by atoms with van der Waals surface area (Å²) in [5.74, 6) is -0.768. The van der Waals surface area contributed by atoms with Crippen molar-refractivity contribution in [3.05, 3.63) is 34.9 Å². The molecule has 0 saturated heterocycles. The Morgan fingerprint density at radius 3 is 2.56 bits per heavy atom. The van der Waals surface area contributed by atoms with Crippen molar-refractivity contribution < 1.29 is 9.90 Å². The molecule has 0 aliphatic heterocycles. The second-order valence-corrected chi connectivity index (χ2v) is 4.15. The van der Waals surface area contributed by atoms with Gasteiger partial charge in [0.05, 0.1) is 6.42 Å². The van der Waals surface area contributed by atoms with Crippen LogP contribution in [0.3, 0.4) is 0 Å². The van der Waals surface area contributed by atoms with Crippen molar-refractivity contribution >= 4 is 17.6 Å². The minimum Gasteiger partial charge on any atom is -0.481 e. The average Bonchev–Trinajstić information content (AvgIpc) is 2.26. The van der Waals surface area contributed by atoms with Gasteiger partial charge in [-0.15, -0.1) is 0 Å². The quantitative estimate of drug-likeness (QED) is 0.805. The highest BCUT2D eigenvalue weighted by Crippen LogP contribution is 2.09. The van der Waals surface area contributed by atoms with Gasteiger partial charge < -0.3 is 10.4 Å². The molecule has 0 heterocycles. The maximum absolute atomic E-state index is 10.6. The molecule has 0 radical (unpaired) electrons. The Morgan fingerprint density at radius 1 is 1.44 bits per heavy atom. The van der Waals surface area contributed by atoms with Crippen LogP contribution < -0.4 is 5.32 Å². The van der Waals surface area contributed by atoms with Gasteiger partial charge in [0.1, 0.15) is 0 Å². The molecule has 16 heavy (non-hydrogen) atoms. The van der Waals surface area contributed by atoms with Crippen LogP contribution in [0, 0.1) is 0 Å². The number of nitrogens with one attached hydrogen (secondary N) is 1. The first kappa shape index (κ1) is 13.0. The summed E-state index contributed by atoms with van der Waals surface area (Å²) >= 11 is 5.77. The number of carbonyl (C=O) groups is 1. The molecule has 1 aromatic carbocycles. The smallest absolute Gasteiger partial charge is 0.304 e. The van der Waals surface area contributed by atoms with Crippen LogP contribution in [0.1, 0.15) is 25.3 Å². The van der Waals surface area contributed by atoms with Gasteiger partial charge in [0, 0.05) is 17.6 Å². The zero-order chi connectivity index (χ0) is 12.0. The summed E-state index contributed by atoms with van der Waals surface area (Å²) in [6, 6.07) is 7.55. The summed E-state index contributed by atoms with van der Waals surface area (Å²) in [7, 11) is 0. The molecule has 1 aromatic rings. The second-order valence-electron chi connectivity index (χ2n) is 3.71. The van der Waals surface area contributed by atoms with Crippen LogP contribution in [-0.2, 0) is 11.3 Å². The Bertz CT molecular complexity index is 337. The highest BCUT2D eigenvalue weighted by atomic mass is 35.5. The van der Waals surface area contributed by atoms with Gasteiger partial charge in [-0.3, -0.25) is 4.79 Å². The molecule has 0 aromatic heterocycles. The number of halogens is 1. The van der Waals surface area contributed by atoms with E-state index in [0.29, 0.717) is 11.6 Å². The Kier molecular flexibility index (Phi) is 5.29. The molecule has 4 heteroatoms. The first-order valence-electron chi connectivity index (χ1n) is 5.31. The fourth-order valence-corrected chi connectivity index (χ4v) is 1.56. The maximum atomic E-state index is 10.6. The number of rotatable bonds is 6. The Labute approximate surface area is 100 Å². The standard InChI is InChI=1S/C12H16ClNO2/c1-2-11(7-12(15)16)14-8-9-3-5-10(13)6-4-9/h3-6,11,14H,2,7-8H2,1H3,(H,15,16). The third kappa shape index (κ3) is 4.64. The number of carboxylic acid groups (broad SMARTS) is 1. The molecule has 3 nitrogen and oxygen atoms in total. The van der Waals surface area contributed by atoms with Crippen LogP contribution in [0.5, 0.6) is 0 Å². The molecule has 0 amide bonds. The van der Waals surface area contributed by atoms with Crippen LogP contribution >= 0.6 is 11.6 Å². The predicted octanol–water partition coefficient (Wildman–Crippen LogP) is 2.68. The van der Waals surface area contributed by atoms with Crippen molar-refractivity contribution in [1.82, 2.24) is 5.32 Å². The zero-order valence-corrected chi connectivity index (χ0v) is 10.00. The fraction of sp³-hybridized carbons (Fsp3) is 0.417. The van der Waals surface area contributed by atoms with E-state index in [0.717, 1.165) is 12.0 Å². The molecular formula is C12H16ClNO2. The monoisotopic (exact) mass is 241 g/mol. The summed E-state index contributed by atoms with van der Waals surface area (Å²) in [6.07, 6.45) is 0.962. The van der Waals surface area contributed by atoms with Crippen molar-refractivity contribution in [2.75, 3.05) is 0 Å². The summed E-state index contributed by atoms with van der Waals surface area (Å²) < 4.78 is 0. The van der Waals surface area contributed by atoms with E-state index in [-0.39, 0.29) is 12.5 Å². The lowest BCUT2D eigenvalue weighted by Crippen LogP contribution is -2.30. The van der Waals surface area contributed by atoms with Crippen molar-refractivity contribution in [3.8, 4) is 0 Å². The predicted molar refractivity (Wildman–Crippen MR) is 64.6 cm³/mol. The average molecular weight is 242 g/mol. The van der Waals surface area contributed by atoms with Gasteiger partial charge in [-0.05, 0) is 24.1 Å². The molecular weight excluding hydrogens is 226 g/mol. The van der Waals surface area contributed by atoms with E-state index in [4.69, 9.17) is 16.7 Å². The molecule has 0 aliphatic rings. The van der Waals surface area contributed by atoms with Crippen LogP contribution in [0.25, 0.3) is 0 Å². The topological polar surface area (TPSA) is 49.3 Å². The first-order valence-corrected chi connectivity index (χ1v) is 5.69. The number of hydrogen-bond donors (Lipinski definition) is 2. The minimum atomic E-state index is -0.768. The highest BCUT2D eigenvalue weighted by molar-refractivity contribution is 6.30.